The zero-order chi connectivity index (χ0) is 22.1. The van der Waals surface area contributed by atoms with E-state index in [1.807, 2.05) is 48.5 Å². The molecule has 3 aromatic carbocycles. The van der Waals surface area contributed by atoms with Crippen LogP contribution in [-0.2, 0) is 20.6 Å². The van der Waals surface area contributed by atoms with Gasteiger partial charge in [-0.3, -0.25) is 9.10 Å². The molecular weight excluding hydrogens is 428 g/mol. The third-order valence-electron chi connectivity index (χ3n) is 4.60. The second-order valence-corrected chi connectivity index (χ2v) is 10.1. The highest BCUT2D eigenvalue weighted by molar-refractivity contribution is 7.98. The van der Waals surface area contributed by atoms with E-state index in [2.05, 4.69) is 17.4 Å². The summed E-state index contributed by atoms with van der Waals surface area (Å²) in [7, 11) is -3.41. The molecule has 0 fully saturated rings. The van der Waals surface area contributed by atoms with Gasteiger partial charge < -0.3 is 5.32 Å². The van der Waals surface area contributed by atoms with Gasteiger partial charge in [0.1, 0.15) is 0 Å². The Kier molecular flexibility index (Phi) is 8.14. The number of hydrogen-bond donors (Lipinski definition) is 1. The predicted molar refractivity (Wildman–Crippen MR) is 129 cm³/mol. The van der Waals surface area contributed by atoms with Crippen molar-refractivity contribution < 1.29 is 13.2 Å². The Morgan fingerprint density at radius 1 is 0.903 bits per heavy atom. The molecule has 0 saturated heterocycles. The van der Waals surface area contributed by atoms with E-state index < -0.39 is 10.0 Å². The first-order valence-corrected chi connectivity index (χ1v) is 12.8. The van der Waals surface area contributed by atoms with Crippen molar-refractivity contribution in [3.8, 4) is 0 Å². The number of carbonyl (C=O) groups excluding carboxylic acids is 1. The second-order valence-electron chi connectivity index (χ2n) is 7.12. The third kappa shape index (κ3) is 7.45. The van der Waals surface area contributed by atoms with Crippen molar-refractivity contribution in [2.45, 2.75) is 23.5 Å². The molecule has 0 aliphatic carbocycles. The Balaban J connectivity index is 1.47. The fourth-order valence-electron chi connectivity index (χ4n) is 3.06. The molecule has 31 heavy (non-hydrogen) atoms. The number of carbonyl (C=O) groups is 1. The lowest BCUT2D eigenvalue weighted by molar-refractivity contribution is -0.116. The first-order valence-electron chi connectivity index (χ1n) is 10.0. The summed E-state index contributed by atoms with van der Waals surface area (Å²) in [5, 5.41) is 2.88. The normalized spacial score (nSPS) is 11.1. The van der Waals surface area contributed by atoms with Crippen LogP contribution in [0.15, 0.2) is 89.8 Å². The SMILES string of the molecule is CS(=O)(=O)N(CCCC(=O)Nc1ccc(CSc2ccccc2)cc1)c1ccccc1. The van der Waals surface area contributed by atoms with Crippen LogP contribution in [0.4, 0.5) is 11.4 Å². The minimum Gasteiger partial charge on any atom is -0.326 e. The van der Waals surface area contributed by atoms with Crippen LogP contribution in [0.1, 0.15) is 18.4 Å². The van der Waals surface area contributed by atoms with E-state index in [4.69, 9.17) is 0 Å². The van der Waals surface area contributed by atoms with Gasteiger partial charge in [0.2, 0.25) is 15.9 Å². The Bertz CT molecular complexity index is 1070. The molecule has 1 amide bonds. The fourth-order valence-corrected chi connectivity index (χ4v) is 4.90. The van der Waals surface area contributed by atoms with Gasteiger partial charge in [0.25, 0.3) is 0 Å². The van der Waals surface area contributed by atoms with Crippen LogP contribution in [0.2, 0.25) is 0 Å². The van der Waals surface area contributed by atoms with E-state index in [-0.39, 0.29) is 18.9 Å². The zero-order valence-corrected chi connectivity index (χ0v) is 19.0. The lowest BCUT2D eigenvalue weighted by Gasteiger charge is -2.22. The van der Waals surface area contributed by atoms with E-state index in [9.17, 15) is 13.2 Å². The number of nitrogens with one attached hydrogen (secondary N) is 1. The van der Waals surface area contributed by atoms with Gasteiger partial charge in [-0.2, -0.15) is 0 Å². The first-order chi connectivity index (χ1) is 14.9. The molecule has 7 heteroatoms. The van der Waals surface area contributed by atoms with Gasteiger partial charge in [0.15, 0.2) is 0 Å². The van der Waals surface area contributed by atoms with Crippen LogP contribution in [-0.4, -0.2) is 27.1 Å². The first kappa shape index (κ1) is 22.9. The maximum Gasteiger partial charge on any atom is 0.232 e. The number of thioether (sulfide) groups is 1. The molecule has 0 aliphatic heterocycles. The smallest absolute Gasteiger partial charge is 0.232 e. The monoisotopic (exact) mass is 454 g/mol. The molecule has 0 unspecified atom stereocenters. The molecule has 5 nitrogen and oxygen atoms in total. The summed E-state index contributed by atoms with van der Waals surface area (Å²) in [5.41, 5.74) is 2.52. The number of sulfonamides is 1. The Hall–Kier alpha value is -2.77. The number of para-hydroxylation sites is 1. The molecule has 0 atom stereocenters. The van der Waals surface area contributed by atoms with Gasteiger partial charge >= 0.3 is 0 Å². The third-order valence-corrected chi connectivity index (χ3v) is 6.87. The van der Waals surface area contributed by atoms with E-state index in [0.29, 0.717) is 12.1 Å². The van der Waals surface area contributed by atoms with Crippen molar-refractivity contribution in [1.82, 2.24) is 0 Å². The topological polar surface area (TPSA) is 66.5 Å². The van der Waals surface area contributed by atoms with Crippen LogP contribution in [0, 0.1) is 0 Å². The number of amides is 1. The number of anilines is 2. The Morgan fingerprint density at radius 3 is 2.13 bits per heavy atom. The van der Waals surface area contributed by atoms with Gasteiger partial charge in [-0.25, -0.2) is 8.42 Å². The standard InChI is InChI=1S/C24H26N2O3S2/c1-31(28,29)26(22-9-4-2-5-10-22)18-8-13-24(27)25-21-16-14-20(15-17-21)19-30-23-11-6-3-7-12-23/h2-7,9-12,14-17H,8,13,18-19H2,1H3,(H,25,27). The average molecular weight is 455 g/mol. The molecular formula is C24H26N2O3S2. The van der Waals surface area contributed by atoms with Gasteiger partial charge in [-0.1, -0.05) is 48.5 Å². The molecule has 0 aromatic heterocycles. The highest BCUT2D eigenvalue weighted by atomic mass is 32.2. The molecule has 162 valence electrons. The van der Waals surface area contributed by atoms with Crippen LogP contribution in [0.3, 0.4) is 0 Å². The molecule has 0 spiro atoms. The molecule has 1 N–H and O–H groups in total. The van der Waals surface area contributed by atoms with Crippen molar-refractivity contribution in [1.29, 1.82) is 0 Å². The summed E-state index contributed by atoms with van der Waals surface area (Å²) in [6, 6.07) is 26.9. The van der Waals surface area contributed by atoms with Gasteiger partial charge in [0.05, 0.1) is 11.9 Å². The van der Waals surface area contributed by atoms with Crippen molar-refractivity contribution in [2.24, 2.45) is 0 Å². The quantitative estimate of drug-likeness (QED) is 0.430. The Morgan fingerprint density at radius 2 is 1.52 bits per heavy atom. The molecule has 0 saturated carbocycles. The molecule has 3 rings (SSSR count). The summed E-state index contributed by atoms with van der Waals surface area (Å²) < 4.78 is 25.5. The highest BCUT2D eigenvalue weighted by Gasteiger charge is 2.17. The predicted octanol–water partition coefficient (Wildman–Crippen LogP) is 5.16. The van der Waals surface area contributed by atoms with E-state index in [0.717, 1.165) is 11.4 Å². The Labute approximate surface area is 188 Å². The number of rotatable bonds is 10. The van der Waals surface area contributed by atoms with Crippen LogP contribution in [0.25, 0.3) is 0 Å². The summed E-state index contributed by atoms with van der Waals surface area (Å²) in [6.45, 7) is 0.256. The van der Waals surface area contributed by atoms with Crippen molar-refractivity contribution >= 4 is 39.1 Å². The highest BCUT2D eigenvalue weighted by Crippen LogP contribution is 2.23. The minimum atomic E-state index is -3.41. The van der Waals surface area contributed by atoms with Gasteiger partial charge in [0, 0.05) is 29.3 Å². The minimum absolute atomic E-state index is 0.132. The van der Waals surface area contributed by atoms with E-state index >= 15 is 0 Å². The van der Waals surface area contributed by atoms with Gasteiger partial charge in [-0.05, 0) is 48.4 Å². The fraction of sp³-hybridized carbons (Fsp3) is 0.208. The number of hydrogen-bond acceptors (Lipinski definition) is 4. The summed E-state index contributed by atoms with van der Waals surface area (Å²) in [4.78, 5) is 13.5. The molecule has 0 radical (unpaired) electrons. The maximum absolute atomic E-state index is 12.3. The lowest BCUT2D eigenvalue weighted by atomic mass is 10.2. The number of nitrogens with zero attached hydrogens (tertiary/aromatic N) is 1. The van der Waals surface area contributed by atoms with Gasteiger partial charge in [-0.15, -0.1) is 11.8 Å². The van der Waals surface area contributed by atoms with Crippen molar-refractivity contribution in [2.75, 3.05) is 22.4 Å². The largest absolute Gasteiger partial charge is 0.326 e. The summed E-state index contributed by atoms with van der Waals surface area (Å²) >= 11 is 1.77. The molecule has 0 aliphatic rings. The zero-order valence-electron chi connectivity index (χ0n) is 17.4. The molecule has 3 aromatic rings. The summed E-state index contributed by atoms with van der Waals surface area (Å²) in [5.74, 6) is 0.729. The van der Waals surface area contributed by atoms with Crippen LogP contribution >= 0.6 is 11.8 Å². The molecule has 0 bridgehead atoms. The molecule has 0 heterocycles. The van der Waals surface area contributed by atoms with Crippen LogP contribution in [0.5, 0.6) is 0 Å². The maximum atomic E-state index is 12.3. The van der Waals surface area contributed by atoms with Crippen molar-refractivity contribution in [3.05, 3.63) is 90.5 Å². The van der Waals surface area contributed by atoms with Crippen molar-refractivity contribution in [3.63, 3.8) is 0 Å². The van der Waals surface area contributed by atoms with E-state index in [1.54, 1.807) is 36.0 Å². The lowest BCUT2D eigenvalue weighted by Crippen LogP contribution is -2.31. The summed E-state index contributed by atoms with van der Waals surface area (Å²) in [6.07, 6.45) is 1.85. The van der Waals surface area contributed by atoms with Crippen LogP contribution < -0.4 is 9.62 Å². The van der Waals surface area contributed by atoms with E-state index in [1.165, 1.54) is 21.0 Å². The number of benzene rings is 3. The average Bonchev–Trinajstić information content (AvgIpc) is 2.77. The second kappa shape index (κ2) is 11.0.